The van der Waals surface area contributed by atoms with Gasteiger partial charge in [0.25, 0.3) is 0 Å². The van der Waals surface area contributed by atoms with E-state index in [1.807, 2.05) is 60.7 Å². The van der Waals surface area contributed by atoms with Crippen LogP contribution < -0.4 is 0 Å². The molecular formula is C30H31PZr-4. The van der Waals surface area contributed by atoms with Gasteiger partial charge in [0, 0.05) is 26.2 Å². The van der Waals surface area contributed by atoms with Crippen LogP contribution in [-0.2, 0) is 31.6 Å². The number of rotatable bonds is 3. The van der Waals surface area contributed by atoms with Crippen molar-refractivity contribution < 1.29 is 26.2 Å². The normalized spacial score (nSPS) is 16.0. The SMILES string of the molecule is CC(C)(C)[C-]=PC1[CH-]C1(c1ccccc1)c1ccccc1.[Zr].c1cc[cH-]c1.c1cc[cH-]c1. The van der Waals surface area contributed by atoms with E-state index in [1.165, 1.54) is 19.3 Å². The quantitative estimate of drug-likeness (QED) is 0.192. The molecule has 1 aliphatic carbocycles. The summed E-state index contributed by atoms with van der Waals surface area (Å²) in [6.07, 6.45) is 2.47. The van der Waals surface area contributed by atoms with Crippen molar-refractivity contribution in [1.29, 1.82) is 0 Å². The molecule has 0 aromatic heterocycles. The zero-order valence-electron chi connectivity index (χ0n) is 19.1. The first-order valence-electron chi connectivity index (χ1n) is 10.8. The minimum atomic E-state index is 0. The van der Waals surface area contributed by atoms with Crippen molar-refractivity contribution in [2.45, 2.75) is 31.8 Å². The van der Waals surface area contributed by atoms with Crippen molar-refractivity contribution in [3.05, 3.63) is 139 Å². The van der Waals surface area contributed by atoms with Gasteiger partial charge in [-0.1, -0.05) is 92.6 Å². The van der Waals surface area contributed by atoms with Gasteiger partial charge in [-0.05, 0) is 0 Å². The molecule has 32 heavy (non-hydrogen) atoms. The van der Waals surface area contributed by atoms with Gasteiger partial charge in [-0.3, -0.25) is 0 Å². The van der Waals surface area contributed by atoms with Gasteiger partial charge in [-0.2, -0.15) is 47.5 Å². The third-order valence-corrected chi connectivity index (χ3v) is 6.57. The summed E-state index contributed by atoms with van der Waals surface area (Å²) in [5.41, 5.74) is 3.54. The average molecular weight is 514 g/mol. The first kappa shape index (κ1) is 26.4. The molecule has 0 amide bonds. The Morgan fingerprint density at radius 3 is 1.41 bits per heavy atom. The van der Waals surface area contributed by atoms with Crippen LogP contribution in [0.25, 0.3) is 0 Å². The van der Waals surface area contributed by atoms with Gasteiger partial charge < -0.3 is 20.4 Å². The number of benzene rings is 2. The molecule has 1 atom stereocenters. The maximum Gasteiger partial charge on any atom is 0 e. The third kappa shape index (κ3) is 7.95. The average Bonchev–Trinajstić information content (AvgIpc) is 3.26. The van der Waals surface area contributed by atoms with Crippen LogP contribution in [0.4, 0.5) is 0 Å². The van der Waals surface area contributed by atoms with Crippen molar-refractivity contribution >= 4 is 14.0 Å². The van der Waals surface area contributed by atoms with Crippen LogP contribution in [0, 0.1) is 11.8 Å². The minimum Gasteiger partial charge on any atom is -0.464 e. The third-order valence-electron chi connectivity index (χ3n) is 4.93. The smallest absolute Gasteiger partial charge is 0 e. The summed E-state index contributed by atoms with van der Waals surface area (Å²) in [5.74, 6) is 3.62. The van der Waals surface area contributed by atoms with E-state index in [-0.39, 0.29) is 37.0 Å². The molecule has 1 saturated carbocycles. The largest absolute Gasteiger partial charge is 0.464 e. The zero-order chi connectivity index (χ0) is 22.0. The predicted octanol–water partition coefficient (Wildman–Crippen LogP) is 8.04. The van der Waals surface area contributed by atoms with Crippen molar-refractivity contribution in [3.63, 3.8) is 0 Å². The van der Waals surface area contributed by atoms with E-state index in [1.54, 1.807) is 0 Å². The topological polar surface area (TPSA) is 0 Å². The van der Waals surface area contributed by atoms with Gasteiger partial charge in [-0.25, -0.2) is 24.3 Å². The van der Waals surface area contributed by atoms with Crippen LogP contribution in [-0.4, -0.2) is 11.5 Å². The Bertz CT molecular complexity index is 878. The molecule has 1 unspecified atom stereocenters. The second-order valence-electron chi connectivity index (χ2n) is 8.63. The Kier molecular flexibility index (Phi) is 10.8. The Morgan fingerprint density at radius 2 is 1.09 bits per heavy atom. The molecule has 2 heteroatoms. The molecule has 164 valence electrons. The Balaban J connectivity index is 0.000000271. The molecule has 0 bridgehead atoms. The Morgan fingerprint density at radius 1 is 0.688 bits per heavy atom. The number of hydrogen-bond acceptors (Lipinski definition) is 0. The van der Waals surface area contributed by atoms with Gasteiger partial charge in [0.05, 0.1) is 0 Å². The van der Waals surface area contributed by atoms with Crippen molar-refractivity contribution in [3.8, 4) is 0 Å². The maximum absolute atomic E-state index is 3.62. The molecule has 0 N–H and O–H groups in total. The molecule has 5 rings (SSSR count). The molecule has 0 radical (unpaired) electrons. The van der Waals surface area contributed by atoms with E-state index in [4.69, 9.17) is 0 Å². The van der Waals surface area contributed by atoms with Crippen molar-refractivity contribution in [2.24, 2.45) is 5.41 Å². The molecule has 1 fully saturated rings. The van der Waals surface area contributed by atoms with Crippen molar-refractivity contribution in [1.82, 2.24) is 0 Å². The monoisotopic (exact) mass is 512 g/mol. The molecule has 0 saturated heterocycles. The fraction of sp³-hybridized carbons (Fsp3) is 0.200. The van der Waals surface area contributed by atoms with Crippen LogP contribution in [0.5, 0.6) is 0 Å². The first-order chi connectivity index (χ1) is 15.0. The summed E-state index contributed by atoms with van der Waals surface area (Å²) >= 11 is 0. The van der Waals surface area contributed by atoms with E-state index < -0.39 is 0 Å². The Hall–Kier alpha value is -1.81. The summed E-state index contributed by atoms with van der Waals surface area (Å²) in [5, 5.41) is 0. The molecule has 4 aromatic rings. The summed E-state index contributed by atoms with van der Waals surface area (Å²) in [7, 11) is 1.29. The molecule has 0 nitrogen and oxygen atoms in total. The van der Waals surface area contributed by atoms with Crippen molar-refractivity contribution in [2.75, 3.05) is 0 Å². The molecule has 1 aliphatic rings. The summed E-state index contributed by atoms with van der Waals surface area (Å²) in [4.78, 5) is 0. The van der Waals surface area contributed by atoms with Gasteiger partial charge in [0.15, 0.2) is 0 Å². The minimum absolute atomic E-state index is 0. The van der Waals surface area contributed by atoms with Crippen LogP contribution in [0.1, 0.15) is 31.9 Å². The van der Waals surface area contributed by atoms with Gasteiger partial charge in [-0.15, -0.1) is 5.41 Å². The summed E-state index contributed by atoms with van der Waals surface area (Å²) < 4.78 is 0. The van der Waals surface area contributed by atoms with Crippen LogP contribution >= 0.6 is 8.20 Å². The van der Waals surface area contributed by atoms with E-state index in [0.717, 1.165) is 0 Å². The zero-order valence-corrected chi connectivity index (χ0v) is 22.5. The van der Waals surface area contributed by atoms with E-state index in [2.05, 4.69) is 93.7 Å². The number of hydrogen-bond donors (Lipinski definition) is 0. The molecule has 0 aliphatic heterocycles. The van der Waals surface area contributed by atoms with Crippen LogP contribution in [0.3, 0.4) is 0 Å². The Labute approximate surface area is 215 Å². The maximum atomic E-state index is 3.62. The predicted molar refractivity (Wildman–Crippen MR) is 137 cm³/mol. The van der Waals surface area contributed by atoms with E-state index in [9.17, 15) is 0 Å². The molecule has 0 heterocycles. The second kappa shape index (κ2) is 13.0. The molecule has 0 spiro atoms. The van der Waals surface area contributed by atoms with E-state index in [0.29, 0.717) is 5.66 Å². The van der Waals surface area contributed by atoms with Crippen LogP contribution in [0.2, 0.25) is 0 Å². The fourth-order valence-corrected chi connectivity index (χ4v) is 4.71. The molecular weight excluding hydrogens is 483 g/mol. The van der Waals surface area contributed by atoms with Crippen LogP contribution in [0.15, 0.2) is 121 Å². The van der Waals surface area contributed by atoms with Gasteiger partial charge >= 0.3 is 0 Å². The van der Waals surface area contributed by atoms with E-state index >= 15 is 0 Å². The van der Waals surface area contributed by atoms with Gasteiger partial charge in [0.1, 0.15) is 0 Å². The summed E-state index contributed by atoms with van der Waals surface area (Å²) in [6.45, 7) is 6.65. The second-order valence-corrected chi connectivity index (χ2v) is 9.67. The molecule has 4 aromatic carbocycles. The first-order valence-corrected chi connectivity index (χ1v) is 11.8. The fourth-order valence-electron chi connectivity index (χ4n) is 3.37. The van der Waals surface area contributed by atoms with Gasteiger partial charge in [0.2, 0.25) is 0 Å². The standard InChI is InChI=1S/C20H21P.2C5H5.Zr/c1-19(2,3)15-21-18-14-20(18,16-10-6-4-7-11-16)17-12-8-5-9-13-17;2*1-2-4-5-3-1;/h4-14,18H,1-3H3;2*1-5H;/q-2;2*-1;. The summed E-state index contributed by atoms with van der Waals surface area (Å²) in [6, 6.07) is 41.7.